The summed E-state index contributed by atoms with van der Waals surface area (Å²) in [4.78, 5) is 29.7. The summed E-state index contributed by atoms with van der Waals surface area (Å²) in [6, 6.07) is 10.0. The lowest BCUT2D eigenvalue weighted by molar-refractivity contribution is -0.133. The van der Waals surface area contributed by atoms with Gasteiger partial charge in [0.1, 0.15) is 0 Å². The lowest BCUT2D eigenvalue weighted by Crippen LogP contribution is -2.49. The maximum absolute atomic E-state index is 13.5. The summed E-state index contributed by atoms with van der Waals surface area (Å²) < 4.78 is 0. The van der Waals surface area contributed by atoms with E-state index in [0.29, 0.717) is 25.6 Å². The number of nitrogens with zero attached hydrogens (tertiary/aromatic N) is 2. The molecule has 0 saturated heterocycles. The first-order valence-electron chi connectivity index (χ1n) is 9.53. The minimum Gasteiger partial charge on any atom is -0.384 e. The van der Waals surface area contributed by atoms with Crippen molar-refractivity contribution in [1.82, 2.24) is 15.1 Å². The normalized spacial score (nSPS) is 25.0. The van der Waals surface area contributed by atoms with Gasteiger partial charge in [-0.05, 0) is 38.2 Å². The van der Waals surface area contributed by atoms with Crippen LogP contribution >= 0.6 is 0 Å². The molecule has 0 spiro atoms. The molecule has 1 saturated carbocycles. The zero-order chi connectivity index (χ0) is 18.5. The van der Waals surface area contributed by atoms with Crippen LogP contribution in [0.25, 0.3) is 0 Å². The highest BCUT2D eigenvalue weighted by Crippen LogP contribution is 2.46. The van der Waals surface area contributed by atoms with E-state index in [0.717, 1.165) is 29.7 Å². The molecule has 138 valence electrons. The predicted octanol–water partition coefficient (Wildman–Crippen LogP) is 2.29. The number of carbonyl (C=O) groups is 2. The van der Waals surface area contributed by atoms with Crippen molar-refractivity contribution in [2.24, 2.45) is 5.92 Å². The number of carbonyl (C=O) groups excluding carboxylic acids is 2. The molecule has 1 aromatic carbocycles. The van der Waals surface area contributed by atoms with Gasteiger partial charge in [-0.1, -0.05) is 30.3 Å². The van der Waals surface area contributed by atoms with Crippen molar-refractivity contribution in [2.45, 2.75) is 51.7 Å². The zero-order valence-corrected chi connectivity index (χ0v) is 15.8. The number of hydrogen-bond acceptors (Lipinski definition) is 3. The number of amides is 2. The van der Waals surface area contributed by atoms with Crippen molar-refractivity contribution in [3.05, 3.63) is 47.2 Å². The first-order chi connectivity index (χ1) is 12.4. The zero-order valence-electron chi connectivity index (χ0n) is 15.8. The lowest BCUT2D eigenvalue weighted by Gasteiger charge is -2.35. The van der Waals surface area contributed by atoms with Crippen molar-refractivity contribution in [3.8, 4) is 0 Å². The van der Waals surface area contributed by atoms with Crippen LogP contribution in [0.4, 0.5) is 0 Å². The van der Waals surface area contributed by atoms with E-state index in [-0.39, 0.29) is 17.9 Å². The van der Waals surface area contributed by atoms with Crippen LogP contribution in [0.15, 0.2) is 41.6 Å². The fourth-order valence-corrected chi connectivity index (χ4v) is 4.44. The summed E-state index contributed by atoms with van der Waals surface area (Å²) in [7, 11) is 0. The molecule has 0 radical (unpaired) electrons. The Kier molecular flexibility index (Phi) is 4.05. The average molecular weight is 353 g/mol. The van der Waals surface area contributed by atoms with Crippen LogP contribution in [0.1, 0.15) is 39.2 Å². The Morgan fingerprint density at radius 1 is 1.23 bits per heavy atom. The first kappa shape index (κ1) is 17.1. The first-order valence-corrected chi connectivity index (χ1v) is 9.53. The highest BCUT2D eigenvalue weighted by atomic mass is 16.2. The molecular formula is C21H27N3O2. The van der Waals surface area contributed by atoms with Gasteiger partial charge in [-0.2, -0.15) is 0 Å². The minimum atomic E-state index is -0.401. The second-order valence-corrected chi connectivity index (χ2v) is 8.15. The van der Waals surface area contributed by atoms with E-state index in [1.165, 1.54) is 0 Å². The van der Waals surface area contributed by atoms with Crippen LogP contribution < -0.4 is 5.32 Å². The molecule has 0 aromatic heterocycles. The van der Waals surface area contributed by atoms with Gasteiger partial charge in [-0.3, -0.25) is 9.59 Å². The second kappa shape index (κ2) is 6.15. The number of rotatable bonds is 3. The summed E-state index contributed by atoms with van der Waals surface area (Å²) in [5.74, 6) is 0.552. The third-order valence-corrected chi connectivity index (χ3v) is 5.97. The van der Waals surface area contributed by atoms with E-state index >= 15 is 0 Å². The Bertz CT molecular complexity index is 765. The largest absolute Gasteiger partial charge is 0.384 e. The van der Waals surface area contributed by atoms with Crippen LogP contribution in [0.3, 0.4) is 0 Å². The summed E-state index contributed by atoms with van der Waals surface area (Å²) in [6.45, 7) is 7.77. The van der Waals surface area contributed by atoms with Crippen LogP contribution in [0, 0.1) is 5.92 Å². The number of nitrogens with one attached hydrogen (secondary N) is 1. The molecule has 0 bridgehead atoms. The smallest absolute Gasteiger partial charge is 0.254 e. The van der Waals surface area contributed by atoms with Crippen molar-refractivity contribution in [3.63, 3.8) is 0 Å². The molecule has 1 aromatic rings. The van der Waals surface area contributed by atoms with Gasteiger partial charge in [0.05, 0.1) is 17.2 Å². The van der Waals surface area contributed by atoms with E-state index in [4.69, 9.17) is 0 Å². The van der Waals surface area contributed by atoms with Gasteiger partial charge in [-0.15, -0.1) is 0 Å². The molecule has 1 aliphatic carbocycles. The molecule has 5 heteroatoms. The summed E-state index contributed by atoms with van der Waals surface area (Å²) in [6.07, 6.45) is 2.19. The van der Waals surface area contributed by atoms with Crippen molar-refractivity contribution in [1.29, 1.82) is 0 Å². The van der Waals surface area contributed by atoms with Crippen LogP contribution in [0.2, 0.25) is 0 Å². The SMILES string of the molecule is CC(=O)N1CCNC2=C(C(=O)N(Cc3ccccc3)C2(C)C)C1C1CC1. The Balaban J connectivity index is 1.73. The Hall–Kier alpha value is -2.30. The molecule has 1 unspecified atom stereocenters. The van der Waals surface area contributed by atoms with Gasteiger partial charge in [0.15, 0.2) is 0 Å². The molecule has 2 heterocycles. The number of benzene rings is 1. The van der Waals surface area contributed by atoms with Gasteiger partial charge in [0.25, 0.3) is 5.91 Å². The number of hydrogen-bond donors (Lipinski definition) is 1. The highest BCUT2D eigenvalue weighted by Gasteiger charge is 2.53. The quantitative estimate of drug-likeness (QED) is 0.907. The Morgan fingerprint density at radius 2 is 1.92 bits per heavy atom. The van der Waals surface area contributed by atoms with Gasteiger partial charge < -0.3 is 15.1 Å². The molecule has 1 fully saturated rings. The monoisotopic (exact) mass is 353 g/mol. The molecule has 4 rings (SSSR count). The van der Waals surface area contributed by atoms with Gasteiger partial charge in [-0.25, -0.2) is 0 Å². The van der Waals surface area contributed by atoms with E-state index in [9.17, 15) is 9.59 Å². The standard InChI is InChI=1S/C21H27N3O2/c1-14(25)23-12-11-22-19-17(18(23)16-9-10-16)20(26)24(21(19,2)3)13-15-7-5-4-6-8-15/h4-8,16,18,22H,9-13H2,1-3H3. The fourth-order valence-electron chi connectivity index (χ4n) is 4.44. The molecule has 2 amide bonds. The Morgan fingerprint density at radius 3 is 2.54 bits per heavy atom. The van der Waals surface area contributed by atoms with E-state index < -0.39 is 5.54 Å². The van der Waals surface area contributed by atoms with Gasteiger partial charge in [0.2, 0.25) is 5.91 Å². The summed E-state index contributed by atoms with van der Waals surface area (Å²) >= 11 is 0. The molecule has 1 atom stereocenters. The summed E-state index contributed by atoms with van der Waals surface area (Å²) in [5, 5.41) is 3.50. The average Bonchev–Trinajstić information content (AvgIpc) is 3.42. The van der Waals surface area contributed by atoms with Crippen molar-refractivity contribution < 1.29 is 9.59 Å². The lowest BCUT2D eigenvalue weighted by atomic mass is 9.94. The molecule has 5 nitrogen and oxygen atoms in total. The topological polar surface area (TPSA) is 52.7 Å². The maximum Gasteiger partial charge on any atom is 0.254 e. The molecular weight excluding hydrogens is 326 g/mol. The third kappa shape index (κ3) is 2.70. The van der Waals surface area contributed by atoms with Crippen LogP contribution in [0.5, 0.6) is 0 Å². The van der Waals surface area contributed by atoms with E-state index in [1.807, 2.05) is 28.0 Å². The molecule has 1 N–H and O–H groups in total. The van der Waals surface area contributed by atoms with Crippen molar-refractivity contribution >= 4 is 11.8 Å². The fraction of sp³-hybridized carbons (Fsp3) is 0.524. The maximum atomic E-state index is 13.5. The van der Waals surface area contributed by atoms with E-state index in [2.05, 4.69) is 31.3 Å². The highest BCUT2D eigenvalue weighted by molar-refractivity contribution is 6.00. The van der Waals surface area contributed by atoms with Gasteiger partial charge >= 0.3 is 0 Å². The second-order valence-electron chi connectivity index (χ2n) is 8.15. The molecule has 3 aliphatic rings. The van der Waals surface area contributed by atoms with Crippen LogP contribution in [-0.2, 0) is 16.1 Å². The van der Waals surface area contributed by atoms with Crippen LogP contribution in [-0.4, -0.2) is 46.3 Å². The minimum absolute atomic E-state index is 0.0598. The third-order valence-electron chi connectivity index (χ3n) is 5.97. The van der Waals surface area contributed by atoms with Crippen molar-refractivity contribution in [2.75, 3.05) is 13.1 Å². The van der Waals surface area contributed by atoms with E-state index in [1.54, 1.807) is 6.92 Å². The van der Waals surface area contributed by atoms with Gasteiger partial charge in [0, 0.05) is 32.3 Å². The summed E-state index contributed by atoms with van der Waals surface area (Å²) in [5.41, 5.74) is 2.56. The predicted molar refractivity (Wildman–Crippen MR) is 100.0 cm³/mol. The molecule has 26 heavy (non-hydrogen) atoms. The Labute approximate surface area is 155 Å². The molecule has 2 aliphatic heterocycles.